The highest BCUT2D eigenvalue weighted by Gasteiger charge is 2.24. The van der Waals surface area contributed by atoms with E-state index < -0.39 is 0 Å². The monoisotopic (exact) mass is 336 g/mol. The number of halogens is 2. The lowest BCUT2D eigenvalue weighted by Crippen LogP contribution is -2.05. The number of hydrogen-bond acceptors (Lipinski definition) is 3. The van der Waals surface area contributed by atoms with Gasteiger partial charge in [-0.3, -0.25) is 0 Å². The fraction of sp³-hybridized carbons (Fsp3) is 0.400. The summed E-state index contributed by atoms with van der Waals surface area (Å²) < 4.78 is 12.1. The maximum Gasteiger partial charge on any atom is 0.141 e. The first-order chi connectivity index (χ1) is 7.09. The molecule has 82 valence electrons. The maximum absolute atomic E-state index is 9.60. The predicted molar refractivity (Wildman–Crippen MR) is 63.5 cm³/mol. The molecule has 1 heterocycles. The second-order valence-corrected chi connectivity index (χ2v) is 5.06. The van der Waals surface area contributed by atoms with Gasteiger partial charge in [0.15, 0.2) is 0 Å². The summed E-state index contributed by atoms with van der Waals surface area (Å²) in [5, 5.41) is 9.60. The van der Waals surface area contributed by atoms with E-state index in [4.69, 9.17) is 9.47 Å². The van der Waals surface area contributed by atoms with Gasteiger partial charge in [0.05, 0.1) is 6.61 Å². The number of ether oxygens (including phenoxy) is 2. The highest BCUT2D eigenvalue weighted by Crippen LogP contribution is 2.40. The molecule has 0 bridgehead atoms. The third-order valence-corrected chi connectivity index (χ3v) is 3.79. The van der Waals surface area contributed by atoms with Gasteiger partial charge < -0.3 is 14.6 Å². The molecule has 1 aromatic rings. The molecule has 3 nitrogen and oxygen atoms in total. The molecule has 1 atom stereocenters. The lowest BCUT2D eigenvalue weighted by Gasteiger charge is -2.12. The van der Waals surface area contributed by atoms with Crippen molar-refractivity contribution in [3.05, 3.63) is 20.6 Å². The molecule has 0 amide bonds. The van der Waals surface area contributed by atoms with Crippen LogP contribution in [0.2, 0.25) is 0 Å². The third-order valence-electron chi connectivity index (χ3n) is 2.20. The Hall–Kier alpha value is -0.260. The summed E-state index contributed by atoms with van der Waals surface area (Å²) in [4.78, 5) is 0. The lowest BCUT2D eigenvalue weighted by atomic mass is 10.2. The summed E-state index contributed by atoms with van der Waals surface area (Å²) in [6.07, 6.45) is 0.206. The Kier molecular flexibility index (Phi) is 3.23. The zero-order chi connectivity index (χ0) is 11.0. The van der Waals surface area contributed by atoms with Crippen LogP contribution in [0.3, 0.4) is 0 Å². The second kappa shape index (κ2) is 4.31. The number of phenolic OH excluding ortho intramolecular Hbond substituents is 1. The molecule has 1 aliphatic rings. The zero-order valence-electron chi connectivity index (χ0n) is 8.09. The molecule has 1 saturated heterocycles. The average Bonchev–Trinajstić information content (AvgIpc) is 2.99. The quantitative estimate of drug-likeness (QED) is 0.862. The van der Waals surface area contributed by atoms with Gasteiger partial charge in [-0.05, 0) is 28.9 Å². The van der Waals surface area contributed by atoms with Crippen molar-refractivity contribution in [2.45, 2.75) is 13.0 Å². The van der Waals surface area contributed by atoms with E-state index in [1.54, 1.807) is 6.07 Å². The fourth-order valence-electron chi connectivity index (χ4n) is 1.19. The molecule has 0 radical (unpaired) electrons. The van der Waals surface area contributed by atoms with E-state index >= 15 is 0 Å². The minimum absolute atomic E-state index is 0.166. The van der Waals surface area contributed by atoms with Crippen LogP contribution in [0, 0.1) is 6.92 Å². The van der Waals surface area contributed by atoms with Gasteiger partial charge in [0.2, 0.25) is 0 Å². The number of rotatable bonds is 3. The zero-order valence-corrected chi connectivity index (χ0v) is 11.3. The van der Waals surface area contributed by atoms with Crippen LogP contribution < -0.4 is 4.74 Å². The number of benzene rings is 1. The van der Waals surface area contributed by atoms with Gasteiger partial charge >= 0.3 is 0 Å². The molecule has 2 rings (SSSR count). The average molecular weight is 338 g/mol. The van der Waals surface area contributed by atoms with E-state index in [1.807, 2.05) is 6.92 Å². The highest BCUT2D eigenvalue weighted by atomic mass is 79.9. The largest absolute Gasteiger partial charge is 0.507 e. The van der Waals surface area contributed by atoms with Gasteiger partial charge in [-0.2, -0.15) is 0 Å². The van der Waals surface area contributed by atoms with E-state index in [2.05, 4.69) is 31.9 Å². The molecule has 1 unspecified atom stereocenters. The summed E-state index contributed by atoms with van der Waals surface area (Å²) in [5.41, 5.74) is 0.959. The number of hydrogen-bond donors (Lipinski definition) is 1. The fourth-order valence-corrected chi connectivity index (χ4v) is 2.12. The van der Waals surface area contributed by atoms with E-state index in [-0.39, 0.29) is 11.9 Å². The van der Waals surface area contributed by atoms with Crippen LogP contribution in [-0.4, -0.2) is 24.4 Å². The van der Waals surface area contributed by atoms with Crippen LogP contribution in [-0.2, 0) is 4.74 Å². The molecule has 1 N–H and O–H groups in total. The SMILES string of the molecule is Cc1c(Br)cc(O)c(Br)c1OCC1CO1. The Morgan fingerprint density at radius 2 is 2.27 bits per heavy atom. The number of aromatic hydroxyl groups is 1. The molecule has 15 heavy (non-hydrogen) atoms. The van der Waals surface area contributed by atoms with Gasteiger partial charge in [-0.1, -0.05) is 15.9 Å². The summed E-state index contributed by atoms with van der Waals surface area (Å²) in [6, 6.07) is 1.64. The van der Waals surface area contributed by atoms with Crippen molar-refractivity contribution in [3.8, 4) is 11.5 Å². The third kappa shape index (κ3) is 2.46. The molecule has 0 saturated carbocycles. The molecule has 1 aromatic carbocycles. The van der Waals surface area contributed by atoms with Crippen LogP contribution >= 0.6 is 31.9 Å². The molecule has 1 fully saturated rings. The van der Waals surface area contributed by atoms with Crippen LogP contribution in [0.25, 0.3) is 0 Å². The van der Waals surface area contributed by atoms with Gasteiger partial charge in [-0.25, -0.2) is 0 Å². The first-order valence-corrected chi connectivity index (χ1v) is 6.10. The van der Waals surface area contributed by atoms with Crippen LogP contribution in [0.1, 0.15) is 5.56 Å². The van der Waals surface area contributed by atoms with Crippen LogP contribution in [0.4, 0.5) is 0 Å². The second-order valence-electron chi connectivity index (χ2n) is 3.41. The number of epoxide rings is 1. The van der Waals surface area contributed by atoms with E-state index in [0.717, 1.165) is 16.6 Å². The van der Waals surface area contributed by atoms with Crippen molar-refractivity contribution >= 4 is 31.9 Å². The van der Waals surface area contributed by atoms with Gasteiger partial charge in [0.1, 0.15) is 28.7 Å². The molecule has 0 spiro atoms. The van der Waals surface area contributed by atoms with Gasteiger partial charge in [0.25, 0.3) is 0 Å². The Balaban J connectivity index is 2.25. The molecular weight excluding hydrogens is 328 g/mol. The summed E-state index contributed by atoms with van der Waals surface area (Å²) in [7, 11) is 0. The maximum atomic E-state index is 9.60. The van der Waals surface area contributed by atoms with Gasteiger partial charge in [0, 0.05) is 10.0 Å². The summed E-state index contributed by atoms with van der Waals surface area (Å²) >= 11 is 6.66. The molecular formula is C10H10Br2O3. The predicted octanol–water partition coefficient (Wildman–Crippen LogP) is 3.00. The molecule has 0 aromatic heterocycles. The Labute approximate surface area is 105 Å². The van der Waals surface area contributed by atoms with Crippen LogP contribution in [0.5, 0.6) is 11.5 Å². The minimum atomic E-state index is 0.166. The van der Waals surface area contributed by atoms with E-state index in [1.165, 1.54) is 0 Å². The smallest absolute Gasteiger partial charge is 0.141 e. The van der Waals surface area contributed by atoms with E-state index in [0.29, 0.717) is 16.8 Å². The highest BCUT2D eigenvalue weighted by molar-refractivity contribution is 9.11. The Bertz CT molecular complexity index is 362. The normalized spacial score (nSPS) is 19.0. The van der Waals surface area contributed by atoms with Crippen molar-refractivity contribution in [2.75, 3.05) is 13.2 Å². The summed E-state index contributed by atoms with van der Waals surface area (Å²) in [6.45, 7) is 3.21. The topological polar surface area (TPSA) is 42.0 Å². The Morgan fingerprint density at radius 1 is 1.60 bits per heavy atom. The standard InChI is InChI=1S/C10H10Br2O3/c1-5-7(11)2-8(13)9(12)10(5)15-4-6-3-14-6/h2,6,13H,3-4H2,1H3. The van der Waals surface area contributed by atoms with Crippen molar-refractivity contribution < 1.29 is 14.6 Å². The van der Waals surface area contributed by atoms with Crippen molar-refractivity contribution in [2.24, 2.45) is 0 Å². The molecule has 1 aliphatic heterocycles. The first kappa shape index (κ1) is 11.2. The number of phenols is 1. The minimum Gasteiger partial charge on any atom is -0.507 e. The first-order valence-electron chi connectivity index (χ1n) is 4.51. The van der Waals surface area contributed by atoms with E-state index in [9.17, 15) is 5.11 Å². The molecule has 5 heteroatoms. The van der Waals surface area contributed by atoms with Crippen LogP contribution in [0.15, 0.2) is 15.0 Å². The van der Waals surface area contributed by atoms with Gasteiger partial charge in [-0.15, -0.1) is 0 Å². The van der Waals surface area contributed by atoms with Crippen molar-refractivity contribution in [1.29, 1.82) is 0 Å². The molecule has 0 aliphatic carbocycles. The summed E-state index contributed by atoms with van der Waals surface area (Å²) in [5.74, 6) is 0.830. The van der Waals surface area contributed by atoms with Crippen molar-refractivity contribution in [1.82, 2.24) is 0 Å². The van der Waals surface area contributed by atoms with Crippen molar-refractivity contribution in [3.63, 3.8) is 0 Å². The lowest BCUT2D eigenvalue weighted by molar-refractivity contribution is 0.259. The Morgan fingerprint density at radius 3 is 2.87 bits per heavy atom.